The molecule has 1 saturated heterocycles. The molecule has 0 amide bonds. The first kappa shape index (κ1) is 14.7. The fraction of sp³-hybridized carbons (Fsp3) is 1.00. The molecular weight excluding hydrogens is 233 g/mol. The number of nitrogens with zero attached hydrogens (tertiary/aromatic N) is 1. The molecule has 1 aliphatic rings. The maximum atomic E-state index is 12.5. The second-order valence-electron chi connectivity index (χ2n) is 4.41. The predicted octanol–water partition coefficient (Wildman–Crippen LogP) is 1.64. The van der Waals surface area contributed by atoms with E-state index in [0.29, 0.717) is 19.6 Å². The average molecular weight is 254 g/mol. The van der Waals surface area contributed by atoms with Gasteiger partial charge < -0.3 is 10.1 Å². The van der Waals surface area contributed by atoms with Crippen molar-refractivity contribution in [1.82, 2.24) is 10.2 Å². The molecule has 0 spiro atoms. The summed E-state index contributed by atoms with van der Waals surface area (Å²) in [5.41, 5.74) is 0. The Hall–Kier alpha value is -0.330. The first-order valence-corrected chi connectivity index (χ1v) is 6.03. The maximum absolute atomic E-state index is 12.5. The number of nitrogens with one attached hydrogen (secondary N) is 1. The summed E-state index contributed by atoms with van der Waals surface area (Å²) in [6.45, 7) is 1.78. The van der Waals surface area contributed by atoms with Crippen molar-refractivity contribution in [3.05, 3.63) is 0 Å². The highest BCUT2D eigenvalue weighted by molar-refractivity contribution is 4.79. The van der Waals surface area contributed by atoms with Crippen molar-refractivity contribution in [2.75, 3.05) is 39.9 Å². The van der Waals surface area contributed by atoms with Gasteiger partial charge in [0, 0.05) is 26.3 Å². The SMILES string of the molecule is COCCCN(CC(F)(F)F)C1CCNCC1. The molecule has 0 bridgehead atoms. The third-order valence-electron chi connectivity index (χ3n) is 3.00. The highest BCUT2D eigenvalue weighted by Crippen LogP contribution is 2.21. The van der Waals surface area contributed by atoms with E-state index in [1.165, 1.54) is 0 Å². The Bertz CT molecular complexity index is 205. The van der Waals surface area contributed by atoms with E-state index in [9.17, 15) is 13.2 Å². The molecular formula is C11H21F3N2O. The van der Waals surface area contributed by atoms with Crippen LogP contribution in [-0.4, -0.2) is 57.0 Å². The number of hydrogen-bond acceptors (Lipinski definition) is 3. The van der Waals surface area contributed by atoms with E-state index in [0.717, 1.165) is 25.9 Å². The summed E-state index contributed by atoms with van der Waals surface area (Å²) in [6, 6.07) is 0.0507. The van der Waals surface area contributed by atoms with Crippen LogP contribution in [0.25, 0.3) is 0 Å². The van der Waals surface area contributed by atoms with Crippen molar-refractivity contribution in [3.63, 3.8) is 0 Å². The van der Waals surface area contributed by atoms with Gasteiger partial charge in [-0.3, -0.25) is 4.90 Å². The second-order valence-corrected chi connectivity index (χ2v) is 4.41. The van der Waals surface area contributed by atoms with Crippen LogP contribution < -0.4 is 5.32 Å². The monoisotopic (exact) mass is 254 g/mol. The van der Waals surface area contributed by atoms with Crippen molar-refractivity contribution >= 4 is 0 Å². The lowest BCUT2D eigenvalue weighted by Gasteiger charge is -2.35. The van der Waals surface area contributed by atoms with Gasteiger partial charge in [-0.1, -0.05) is 0 Å². The molecule has 0 radical (unpaired) electrons. The Kier molecular flexibility index (Phi) is 6.22. The molecule has 0 aromatic rings. The van der Waals surface area contributed by atoms with Crippen LogP contribution in [-0.2, 0) is 4.74 Å². The minimum atomic E-state index is -4.11. The third-order valence-corrected chi connectivity index (χ3v) is 3.00. The zero-order valence-electron chi connectivity index (χ0n) is 10.2. The van der Waals surface area contributed by atoms with Gasteiger partial charge in [0.2, 0.25) is 0 Å². The lowest BCUT2D eigenvalue weighted by molar-refractivity contribution is -0.152. The highest BCUT2D eigenvalue weighted by Gasteiger charge is 2.33. The molecule has 17 heavy (non-hydrogen) atoms. The Morgan fingerprint density at radius 1 is 1.29 bits per heavy atom. The van der Waals surface area contributed by atoms with Gasteiger partial charge >= 0.3 is 6.18 Å². The number of hydrogen-bond donors (Lipinski definition) is 1. The van der Waals surface area contributed by atoms with Gasteiger partial charge in [-0.25, -0.2) is 0 Å². The number of ether oxygens (including phenoxy) is 1. The van der Waals surface area contributed by atoms with Crippen molar-refractivity contribution in [2.45, 2.75) is 31.5 Å². The van der Waals surface area contributed by atoms with Gasteiger partial charge in [0.1, 0.15) is 0 Å². The molecule has 1 rings (SSSR count). The first-order valence-electron chi connectivity index (χ1n) is 6.03. The zero-order chi connectivity index (χ0) is 12.7. The fourth-order valence-corrected chi connectivity index (χ4v) is 2.20. The van der Waals surface area contributed by atoms with Crippen LogP contribution in [0.15, 0.2) is 0 Å². The Morgan fingerprint density at radius 3 is 2.47 bits per heavy atom. The highest BCUT2D eigenvalue weighted by atomic mass is 19.4. The van der Waals surface area contributed by atoms with Gasteiger partial charge in [0.25, 0.3) is 0 Å². The second kappa shape index (κ2) is 7.18. The number of piperidine rings is 1. The number of methoxy groups -OCH3 is 1. The van der Waals surface area contributed by atoms with Crippen molar-refractivity contribution in [2.24, 2.45) is 0 Å². The van der Waals surface area contributed by atoms with Crippen LogP contribution >= 0.6 is 0 Å². The van der Waals surface area contributed by atoms with Crippen LogP contribution in [0, 0.1) is 0 Å². The first-order chi connectivity index (χ1) is 8.03. The summed E-state index contributed by atoms with van der Waals surface area (Å²) in [4.78, 5) is 1.56. The smallest absolute Gasteiger partial charge is 0.385 e. The summed E-state index contributed by atoms with van der Waals surface area (Å²) < 4.78 is 42.3. The normalized spacial score (nSPS) is 18.9. The van der Waals surface area contributed by atoms with Gasteiger partial charge in [-0.2, -0.15) is 13.2 Å². The standard InChI is InChI=1S/C11H21F3N2O/c1-17-8-2-7-16(9-11(12,13)14)10-3-5-15-6-4-10/h10,15H,2-9H2,1H3. The van der Waals surface area contributed by atoms with Crippen molar-refractivity contribution < 1.29 is 17.9 Å². The van der Waals surface area contributed by atoms with Gasteiger partial charge in [-0.15, -0.1) is 0 Å². The summed E-state index contributed by atoms with van der Waals surface area (Å²) in [6.07, 6.45) is -1.87. The van der Waals surface area contributed by atoms with E-state index >= 15 is 0 Å². The van der Waals surface area contributed by atoms with E-state index in [-0.39, 0.29) is 6.04 Å². The van der Waals surface area contributed by atoms with Crippen LogP contribution in [0.3, 0.4) is 0 Å². The molecule has 1 aliphatic heterocycles. The van der Waals surface area contributed by atoms with Crippen LogP contribution in [0.5, 0.6) is 0 Å². The Morgan fingerprint density at radius 2 is 1.94 bits per heavy atom. The Labute approximate surface area is 100 Å². The molecule has 1 heterocycles. The molecule has 0 atom stereocenters. The summed E-state index contributed by atoms with van der Waals surface area (Å²) >= 11 is 0. The average Bonchev–Trinajstić information content (AvgIpc) is 2.28. The molecule has 0 aromatic heterocycles. The number of halogens is 3. The Balaban J connectivity index is 2.44. The molecule has 0 aliphatic carbocycles. The zero-order valence-corrected chi connectivity index (χ0v) is 10.2. The van der Waals surface area contributed by atoms with Crippen LogP contribution in [0.1, 0.15) is 19.3 Å². The molecule has 3 nitrogen and oxygen atoms in total. The molecule has 6 heteroatoms. The lowest BCUT2D eigenvalue weighted by Crippen LogP contribution is -2.47. The topological polar surface area (TPSA) is 24.5 Å². The fourth-order valence-electron chi connectivity index (χ4n) is 2.20. The molecule has 1 N–H and O–H groups in total. The third kappa shape index (κ3) is 6.24. The van der Waals surface area contributed by atoms with E-state index in [1.54, 1.807) is 12.0 Å². The maximum Gasteiger partial charge on any atom is 0.401 e. The van der Waals surface area contributed by atoms with E-state index < -0.39 is 12.7 Å². The molecule has 1 fully saturated rings. The molecule has 0 aromatic carbocycles. The molecule has 0 saturated carbocycles. The predicted molar refractivity (Wildman–Crippen MR) is 60.0 cm³/mol. The summed E-state index contributed by atoms with van der Waals surface area (Å²) in [7, 11) is 1.57. The van der Waals surface area contributed by atoms with E-state index in [1.807, 2.05) is 0 Å². The number of rotatable bonds is 6. The summed E-state index contributed by atoms with van der Waals surface area (Å²) in [5.74, 6) is 0. The van der Waals surface area contributed by atoms with Crippen molar-refractivity contribution in [1.29, 1.82) is 0 Å². The minimum absolute atomic E-state index is 0.0507. The van der Waals surface area contributed by atoms with Gasteiger partial charge in [0.05, 0.1) is 6.54 Å². The summed E-state index contributed by atoms with van der Waals surface area (Å²) in [5, 5.41) is 3.17. The molecule has 0 unspecified atom stereocenters. The largest absolute Gasteiger partial charge is 0.401 e. The van der Waals surface area contributed by atoms with Crippen LogP contribution in [0.4, 0.5) is 13.2 Å². The van der Waals surface area contributed by atoms with Crippen molar-refractivity contribution in [3.8, 4) is 0 Å². The number of alkyl halides is 3. The van der Waals surface area contributed by atoms with Crippen LogP contribution in [0.2, 0.25) is 0 Å². The quantitative estimate of drug-likeness (QED) is 0.729. The van der Waals surface area contributed by atoms with E-state index in [4.69, 9.17) is 4.74 Å². The lowest BCUT2D eigenvalue weighted by atomic mass is 10.0. The molecule has 102 valence electrons. The van der Waals surface area contributed by atoms with Gasteiger partial charge in [0.15, 0.2) is 0 Å². The minimum Gasteiger partial charge on any atom is -0.385 e. The van der Waals surface area contributed by atoms with E-state index in [2.05, 4.69) is 5.32 Å². The van der Waals surface area contributed by atoms with Gasteiger partial charge in [-0.05, 0) is 32.4 Å².